The second-order valence-electron chi connectivity index (χ2n) is 3.65. The van der Waals surface area contributed by atoms with E-state index in [1.54, 1.807) is 13.0 Å². The minimum absolute atomic E-state index is 0.191. The fourth-order valence-electron chi connectivity index (χ4n) is 1.33. The lowest BCUT2D eigenvalue weighted by molar-refractivity contribution is -0.144. The molecule has 0 aliphatic heterocycles. The molecule has 5 heteroatoms. The van der Waals surface area contributed by atoms with E-state index in [1.165, 1.54) is 26.4 Å². The lowest BCUT2D eigenvalue weighted by atomic mass is 10.2. The van der Waals surface area contributed by atoms with Gasteiger partial charge in [-0.15, -0.1) is 0 Å². The van der Waals surface area contributed by atoms with Crippen molar-refractivity contribution < 1.29 is 18.7 Å². The Bertz CT molecular complexity index is 395. The topological polar surface area (TPSA) is 47.6 Å². The second-order valence-corrected chi connectivity index (χ2v) is 3.65. The van der Waals surface area contributed by atoms with Gasteiger partial charge < -0.3 is 14.8 Å². The van der Waals surface area contributed by atoms with Crippen LogP contribution in [0.15, 0.2) is 18.2 Å². The fraction of sp³-hybridized carbons (Fsp3) is 0.417. The van der Waals surface area contributed by atoms with Gasteiger partial charge in [0, 0.05) is 18.3 Å². The summed E-state index contributed by atoms with van der Waals surface area (Å²) in [7, 11) is 2.75. The van der Waals surface area contributed by atoms with Gasteiger partial charge in [0.2, 0.25) is 0 Å². The summed E-state index contributed by atoms with van der Waals surface area (Å²) in [6, 6.07) is 4.54. The van der Waals surface area contributed by atoms with Gasteiger partial charge in [-0.2, -0.15) is 0 Å². The van der Waals surface area contributed by atoms with E-state index in [9.17, 15) is 9.18 Å². The highest BCUT2D eigenvalue weighted by Crippen LogP contribution is 2.20. The van der Waals surface area contributed by atoms with Crippen LogP contribution in [0.2, 0.25) is 0 Å². The molecule has 0 aliphatic rings. The van der Waals surface area contributed by atoms with Crippen LogP contribution in [0.5, 0.6) is 5.75 Å². The number of anilines is 1. The molecule has 1 aromatic carbocycles. The lowest BCUT2D eigenvalue weighted by Gasteiger charge is -2.12. The Balaban J connectivity index is 2.58. The molecule has 0 aliphatic carbocycles. The van der Waals surface area contributed by atoms with E-state index in [4.69, 9.17) is 4.74 Å². The molecule has 0 heterocycles. The summed E-state index contributed by atoms with van der Waals surface area (Å²) in [5, 5.41) is 2.96. The molecule has 17 heavy (non-hydrogen) atoms. The van der Waals surface area contributed by atoms with Crippen molar-refractivity contribution in [3.63, 3.8) is 0 Å². The van der Waals surface area contributed by atoms with Gasteiger partial charge in [-0.3, -0.25) is 4.79 Å². The Labute approximate surface area is 99.7 Å². The molecule has 1 atom stereocenters. The van der Waals surface area contributed by atoms with Crippen LogP contribution < -0.4 is 10.1 Å². The van der Waals surface area contributed by atoms with E-state index in [0.29, 0.717) is 12.2 Å². The number of carbonyl (C=O) groups excluding carboxylic acids is 1. The largest absolute Gasteiger partial charge is 0.494 e. The second kappa shape index (κ2) is 6.08. The molecule has 0 radical (unpaired) electrons. The van der Waals surface area contributed by atoms with E-state index < -0.39 is 5.82 Å². The van der Waals surface area contributed by atoms with Gasteiger partial charge in [0.05, 0.1) is 20.1 Å². The lowest BCUT2D eigenvalue weighted by Crippen LogP contribution is -2.21. The molecule has 4 nitrogen and oxygen atoms in total. The summed E-state index contributed by atoms with van der Waals surface area (Å²) in [6.07, 6.45) is 0. The van der Waals surface area contributed by atoms with Gasteiger partial charge in [0.25, 0.3) is 0 Å². The smallest absolute Gasteiger partial charge is 0.310 e. The van der Waals surface area contributed by atoms with Crippen molar-refractivity contribution in [2.24, 2.45) is 5.92 Å². The van der Waals surface area contributed by atoms with Crippen molar-refractivity contribution in [1.82, 2.24) is 0 Å². The van der Waals surface area contributed by atoms with Crippen molar-refractivity contribution in [3.05, 3.63) is 24.0 Å². The molecule has 1 unspecified atom stereocenters. The zero-order valence-electron chi connectivity index (χ0n) is 10.1. The van der Waals surface area contributed by atoms with Crippen LogP contribution in [0, 0.1) is 11.7 Å². The first-order chi connectivity index (χ1) is 8.08. The number of ether oxygens (including phenoxy) is 2. The van der Waals surface area contributed by atoms with Gasteiger partial charge in [-0.1, -0.05) is 6.92 Å². The normalized spacial score (nSPS) is 11.8. The van der Waals surface area contributed by atoms with Crippen molar-refractivity contribution in [3.8, 4) is 5.75 Å². The maximum absolute atomic E-state index is 13.3. The molecule has 94 valence electrons. The average Bonchev–Trinajstić information content (AvgIpc) is 2.35. The Kier molecular flexibility index (Phi) is 4.75. The molecule has 0 saturated heterocycles. The monoisotopic (exact) mass is 241 g/mol. The Morgan fingerprint density at radius 3 is 2.71 bits per heavy atom. The predicted molar refractivity (Wildman–Crippen MR) is 62.6 cm³/mol. The number of hydrogen-bond acceptors (Lipinski definition) is 4. The van der Waals surface area contributed by atoms with Gasteiger partial charge >= 0.3 is 5.97 Å². The van der Waals surface area contributed by atoms with Gasteiger partial charge in [0.1, 0.15) is 0 Å². The minimum Gasteiger partial charge on any atom is -0.494 e. The summed E-state index contributed by atoms with van der Waals surface area (Å²) in [4.78, 5) is 11.1. The molecule has 0 amide bonds. The zero-order chi connectivity index (χ0) is 12.8. The SMILES string of the molecule is COC(=O)C(C)CNc1ccc(OC)c(F)c1. The zero-order valence-corrected chi connectivity index (χ0v) is 10.1. The van der Waals surface area contributed by atoms with Gasteiger partial charge in [-0.05, 0) is 12.1 Å². The number of nitrogens with one attached hydrogen (secondary N) is 1. The van der Waals surface area contributed by atoms with Crippen LogP contribution in [0.1, 0.15) is 6.92 Å². The van der Waals surface area contributed by atoms with Crippen LogP contribution in [-0.4, -0.2) is 26.7 Å². The third-order valence-corrected chi connectivity index (χ3v) is 2.37. The third-order valence-electron chi connectivity index (χ3n) is 2.37. The fourth-order valence-corrected chi connectivity index (χ4v) is 1.33. The van der Waals surface area contributed by atoms with E-state index >= 15 is 0 Å². The Morgan fingerprint density at radius 1 is 1.47 bits per heavy atom. The van der Waals surface area contributed by atoms with E-state index in [0.717, 1.165) is 0 Å². The maximum atomic E-state index is 13.3. The number of methoxy groups -OCH3 is 2. The van der Waals surface area contributed by atoms with Crippen LogP contribution >= 0.6 is 0 Å². The molecule has 0 saturated carbocycles. The summed E-state index contributed by atoms with van der Waals surface area (Å²) >= 11 is 0. The third kappa shape index (κ3) is 3.62. The van der Waals surface area contributed by atoms with Crippen LogP contribution in [0.4, 0.5) is 10.1 Å². The predicted octanol–water partition coefficient (Wildman–Crippen LogP) is 2.06. The molecule has 0 spiro atoms. The number of esters is 1. The summed E-state index contributed by atoms with van der Waals surface area (Å²) in [5.41, 5.74) is 0.596. The first-order valence-electron chi connectivity index (χ1n) is 5.23. The van der Waals surface area contributed by atoms with Crippen molar-refractivity contribution >= 4 is 11.7 Å². The molecule has 0 bridgehead atoms. The first kappa shape index (κ1) is 13.3. The number of carbonyl (C=O) groups is 1. The molecular formula is C12H16FNO3. The summed E-state index contributed by atoms with van der Waals surface area (Å²) < 4.78 is 22.7. The minimum atomic E-state index is -0.441. The number of rotatable bonds is 5. The maximum Gasteiger partial charge on any atom is 0.310 e. The van der Waals surface area contributed by atoms with E-state index in [-0.39, 0.29) is 17.6 Å². The van der Waals surface area contributed by atoms with Crippen LogP contribution in [0.25, 0.3) is 0 Å². The molecule has 0 fully saturated rings. The van der Waals surface area contributed by atoms with E-state index in [1.807, 2.05) is 0 Å². The van der Waals surface area contributed by atoms with Gasteiger partial charge in [-0.25, -0.2) is 4.39 Å². The summed E-state index contributed by atoms with van der Waals surface area (Å²) in [6.45, 7) is 2.12. The Morgan fingerprint density at radius 2 is 2.18 bits per heavy atom. The van der Waals surface area contributed by atoms with Crippen molar-refractivity contribution in [2.45, 2.75) is 6.92 Å². The number of hydrogen-bond donors (Lipinski definition) is 1. The first-order valence-corrected chi connectivity index (χ1v) is 5.23. The summed E-state index contributed by atoms with van der Waals surface area (Å²) in [5.74, 6) is -0.837. The highest BCUT2D eigenvalue weighted by atomic mass is 19.1. The molecule has 1 aromatic rings. The molecule has 1 N–H and O–H groups in total. The van der Waals surface area contributed by atoms with E-state index in [2.05, 4.69) is 10.1 Å². The standard InChI is InChI=1S/C12H16FNO3/c1-8(12(15)17-3)7-14-9-4-5-11(16-2)10(13)6-9/h4-6,8,14H,7H2,1-3H3. The molecule has 0 aromatic heterocycles. The number of benzene rings is 1. The molecular weight excluding hydrogens is 225 g/mol. The highest BCUT2D eigenvalue weighted by molar-refractivity contribution is 5.72. The quantitative estimate of drug-likeness (QED) is 0.801. The number of halogens is 1. The average molecular weight is 241 g/mol. The Hall–Kier alpha value is -1.78. The molecule has 1 rings (SSSR count). The van der Waals surface area contributed by atoms with Gasteiger partial charge in [0.15, 0.2) is 11.6 Å². The highest BCUT2D eigenvalue weighted by Gasteiger charge is 2.12. The van der Waals surface area contributed by atoms with Crippen molar-refractivity contribution in [1.29, 1.82) is 0 Å². The van der Waals surface area contributed by atoms with Crippen LogP contribution in [-0.2, 0) is 9.53 Å². The van der Waals surface area contributed by atoms with Crippen LogP contribution in [0.3, 0.4) is 0 Å². The van der Waals surface area contributed by atoms with Crippen molar-refractivity contribution in [2.75, 3.05) is 26.1 Å².